The average molecular weight is 671 g/mol. The van der Waals surface area contributed by atoms with Gasteiger partial charge in [-0.2, -0.15) is 0 Å². The number of urea groups is 1. The van der Waals surface area contributed by atoms with Crippen molar-refractivity contribution in [2.75, 3.05) is 16.8 Å². The molecule has 0 heterocycles. The summed E-state index contributed by atoms with van der Waals surface area (Å²) in [5.41, 5.74) is 4.92. The summed E-state index contributed by atoms with van der Waals surface area (Å²) in [5.74, 6) is -1.91. The first-order chi connectivity index (χ1) is 19.2. The number of halogens is 2. The Balaban J connectivity index is 1.54. The number of nitrogens with one attached hydrogen (secondary N) is 2. The summed E-state index contributed by atoms with van der Waals surface area (Å²) in [4.78, 5) is 38.3. The zero-order chi connectivity index (χ0) is 28.6. The number of aliphatic hydroxyl groups excluding tert-OH is 1. The molecule has 0 bridgehead atoms. The highest BCUT2D eigenvalue weighted by Gasteiger charge is 2.19. The largest absolute Gasteiger partial charge is 0.479 e. The van der Waals surface area contributed by atoms with Gasteiger partial charge in [0.25, 0.3) is 5.91 Å². The SMILES string of the molecule is O=C(NC[C@@H](O)C(=O)O)c1ccc(CN(C(=O)Nc2cc(Br)cc(Br)c2)c2ccc(C3=CCCCC3)cc2)cc1. The Morgan fingerprint density at radius 1 is 0.925 bits per heavy atom. The summed E-state index contributed by atoms with van der Waals surface area (Å²) in [6.07, 6.45) is 5.14. The number of amides is 3. The van der Waals surface area contributed by atoms with Gasteiger partial charge in [0.15, 0.2) is 6.10 Å². The van der Waals surface area contributed by atoms with Crippen LogP contribution in [0.15, 0.2) is 81.8 Å². The zero-order valence-corrected chi connectivity index (χ0v) is 24.7. The highest BCUT2D eigenvalue weighted by molar-refractivity contribution is 9.11. The average Bonchev–Trinajstić information content (AvgIpc) is 2.94. The predicted molar refractivity (Wildman–Crippen MR) is 162 cm³/mol. The Morgan fingerprint density at radius 3 is 2.20 bits per heavy atom. The molecule has 0 aromatic heterocycles. The Kier molecular flexibility index (Phi) is 10.1. The number of aliphatic carboxylic acids is 1. The summed E-state index contributed by atoms with van der Waals surface area (Å²) in [7, 11) is 0. The number of hydrogen-bond acceptors (Lipinski definition) is 4. The standard InChI is InChI=1S/C30H29Br2N3O5/c31-23-14-24(32)16-25(15-23)34-30(40)35(26-12-10-21(11-13-26)20-4-2-1-3-5-20)18-19-6-8-22(9-7-19)28(37)33-17-27(36)29(38)39/h4,6-16,27,36H,1-3,5,17-18H2,(H,33,37)(H,34,40)(H,38,39)/t27-/m1/s1. The molecule has 1 aliphatic rings. The number of hydrogen-bond donors (Lipinski definition) is 4. The van der Waals surface area contributed by atoms with E-state index in [2.05, 4.69) is 48.6 Å². The molecule has 40 heavy (non-hydrogen) atoms. The number of allylic oxidation sites excluding steroid dienone is 2. The maximum atomic E-state index is 13.5. The van der Waals surface area contributed by atoms with E-state index < -0.39 is 24.5 Å². The van der Waals surface area contributed by atoms with Crippen LogP contribution in [-0.4, -0.2) is 40.8 Å². The van der Waals surface area contributed by atoms with Crippen molar-refractivity contribution in [1.29, 1.82) is 0 Å². The third kappa shape index (κ3) is 8.03. The highest BCUT2D eigenvalue weighted by Crippen LogP contribution is 2.29. The Bertz CT molecular complexity index is 1390. The molecule has 10 heteroatoms. The van der Waals surface area contributed by atoms with Crippen LogP contribution < -0.4 is 15.5 Å². The van der Waals surface area contributed by atoms with E-state index in [1.807, 2.05) is 42.5 Å². The Morgan fingerprint density at radius 2 is 1.60 bits per heavy atom. The molecular formula is C30H29Br2N3O5. The van der Waals surface area contributed by atoms with Gasteiger partial charge in [-0.3, -0.25) is 9.69 Å². The first-order valence-corrected chi connectivity index (χ1v) is 14.4. The van der Waals surface area contributed by atoms with Gasteiger partial charge in [-0.05, 0) is 84.8 Å². The highest BCUT2D eigenvalue weighted by atomic mass is 79.9. The number of anilines is 2. The van der Waals surface area contributed by atoms with Crippen LogP contribution in [0.3, 0.4) is 0 Å². The lowest BCUT2D eigenvalue weighted by atomic mass is 9.93. The molecule has 0 saturated heterocycles. The zero-order valence-electron chi connectivity index (χ0n) is 21.6. The maximum Gasteiger partial charge on any atom is 0.334 e. The first-order valence-electron chi connectivity index (χ1n) is 12.8. The lowest BCUT2D eigenvalue weighted by Gasteiger charge is -2.24. The van der Waals surface area contributed by atoms with Gasteiger partial charge < -0.3 is 20.8 Å². The molecule has 208 valence electrons. The molecule has 1 atom stereocenters. The van der Waals surface area contributed by atoms with Gasteiger partial charge in [-0.1, -0.05) is 62.2 Å². The van der Waals surface area contributed by atoms with Crippen molar-refractivity contribution in [3.63, 3.8) is 0 Å². The Hall–Kier alpha value is -3.47. The minimum atomic E-state index is -1.68. The fourth-order valence-corrected chi connectivity index (χ4v) is 5.67. The monoisotopic (exact) mass is 669 g/mol. The van der Waals surface area contributed by atoms with Gasteiger partial charge >= 0.3 is 12.0 Å². The molecule has 1 aliphatic carbocycles. The Labute approximate surface area is 249 Å². The van der Waals surface area contributed by atoms with Crippen molar-refractivity contribution in [2.24, 2.45) is 0 Å². The molecule has 3 aromatic rings. The van der Waals surface area contributed by atoms with E-state index in [4.69, 9.17) is 5.11 Å². The van der Waals surface area contributed by atoms with Crippen LogP contribution in [0.5, 0.6) is 0 Å². The molecule has 0 unspecified atom stereocenters. The number of rotatable bonds is 9. The van der Waals surface area contributed by atoms with Crippen LogP contribution >= 0.6 is 31.9 Å². The minimum Gasteiger partial charge on any atom is -0.479 e. The molecule has 0 spiro atoms. The second-order valence-electron chi connectivity index (χ2n) is 9.46. The predicted octanol–water partition coefficient (Wildman–Crippen LogP) is 6.58. The first kappa shape index (κ1) is 29.5. The van der Waals surface area contributed by atoms with Crippen molar-refractivity contribution < 1.29 is 24.6 Å². The van der Waals surface area contributed by atoms with Gasteiger partial charge in [0, 0.05) is 25.9 Å². The van der Waals surface area contributed by atoms with Crippen molar-refractivity contribution >= 4 is 66.7 Å². The molecule has 0 aliphatic heterocycles. The van der Waals surface area contributed by atoms with Crippen LogP contribution in [0, 0.1) is 0 Å². The molecule has 0 radical (unpaired) electrons. The summed E-state index contributed by atoms with van der Waals surface area (Å²) in [6, 6.07) is 19.8. The van der Waals surface area contributed by atoms with Gasteiger partial charge in [0.05, 0.1) is 13.1 Å². The number of nitrogens with zero attached hydrogens (tertiary/aromatic N) is 1. The minimum absolute atomic E-state index is 0.239. The van der Waals surface area contributed by atoms with Gasteiger partial charge in [-0.15, -0.1) is 0 Å². The van der Waals surface area contributed by atoms with Gasteiger partial charge in [-0.25, -0.2) is 9.59 Å². The van der Waals surface area contributed by atoms with Gasteiger partial charge in [0.2, 0.25) is 0 Å². The maximum absolute atomic E-state index is 13.5. The summed E-state index contributed by atoms with van der Waals surface area (Å²) in [6.45, 7) is -0.162. The number of benzene rings is 3. The third-order valence-corrected chi connectivity index (χ3v) is 7.41. The van der Waals surface area contributed by atoms with Crippen LogP contribution in [0.4, 0.5) is 16.2 Å². The number of aliphatic hydroxyl groups is 1. The van der Waals surface area contributed by atoms with Crippen molar-refractivity contribution in [2.45, 2.75) is 38.3 Å². The normalized spacial score (nSPS) is 13.6. The fraction of sp³-hybridized carbons (Fsp3) is 0.233. The molecule has 4 N–H and O–H groups in total. The quantitative estimate of drug-likeness (QED) is 0.205. The second kappa shape index (κ2) is 13.7. The molecule has 0 fully saturated rings. The van der Waals surface area contributed by atoms with E-state index in [-0.39, 0.29) is 12.6 Å². The lowest BCUT2D eigenvalue weighted by Crippen LogP contribution is -2.36. The molecule has 3 aromatic carbocycles. The fourth-order valence-electron chi connectivity index (χ4n) is 4.38. The number of carbonyl (C=O) groups is 3. The van der Waals surface area contributed by atoms with Crippen molar-refractivity contribution in [3.8, 4) is 0 Å². The molecule has 8 nitrogen and oxygen atoms in total. The lowest BCUT2D eigenvalue weighted by molar-refractivity contribution is -0.146. The van der Waals surface area contributed by atoms with E-state index in [1.54, 1.807) is 29.2 Å². The van der Waals surface area contributed by atoms with Crippen molar-refractivity contribution in [3.05, 3.63) is 98.4 Å². The van der Waals surface area contributed by atoms with Crippen LogP contribution in [0.25, 0.3) is 5.57 Å². The second-order valence-corrected chi connectivity index (χ2v) is 11.3. The number of carboxylic acids is 1. The van der Waals surface area contributed by atoms with Gasteiger partial charge in [0.1, 0.15) is 0 Å². The van der Waals surface area contributed by atoms with E-state index in [0.29, 0.717) is 11.3 Å². The van der Waals surface area contributed by atoms with E-state index >= 15 is 0 Å². The van der Waals surface area contributed by atoms with E-state index in [0.717, 1.165) is 38.6 Å². The molecule has 0 saturated carbocycles. The molecule has 4 rings (SSSR count). The van der Waals surface area contributed by atoms with E-state index in [9.17, 15) is 19.5 Å². The van der Waals surface area contributed by atoms with Crippen LogP contribution in [0.2, 0.25) is 0 Å². The van der Waals surface area contributed by atoms with Crippen LogP contribution in [-0.2, 0) is 11.3 Å². The third-order valence-electron chi connectivity index (χ3n) is 6.50. The number of carbonyl (C=O) groups excluding carboxylic acids is 2. The molecular weight excluding hydrogens is 642 g/mol. The smallest absolute Gasteiger partial charge is 0.334 e. The number of carboxylic acid groups (broad SMARTS) is 1. The van der Waals surface area contributed by atoms with Crippen LogP contribution in [0.1, 0.15) is 47.2 Å². The summed E-state index contributed by atoms with van der Waals surface area (Å²) >= 11 is 6.91. The summed E-state index contributed by atoms with van der Waals surface area (Å²) < 4.78 is 1.64. The topological polar surface area (TPSA) is 119 Å². The van der Waals surface area contributed by atoms with Crippen molar-refractivity contribution in [1.82, 2.24) is 5.32 Å². The molecule has 3 amide bonds. The summed E-state index contributed by atoms with van der Waals surface area (Å²) in [5, 5.41) is 23.5. The van der Waals surface area contributed by atoms with E-state index in [1.165, 1.54) is 18.4 Å².